The van der Waals surface area contributed by atoms with Crippen LogP contribution in [0.5, 0.6) is 5.75 Å². The van der Waals surface area contributed by atoms with Crippen molar-refractivity contribution in [3.63, 3.8) is 0 Å². The van der Waals surface area contributed by atoms with E-state index >= 15 is 0 Å². The van der Waals surface area contributed by atoms with Crippen molar-refractivity contribution >= 4 is 23.5 Å². The lowest BCUT2D eigenvalue weighted by molar-refractivity contribution is -0.144. The van der Waals surface area contributed by atoms with Crippen LogP contribution in [0.3, 0.4) is 0 Å². The number of carbonyl (C=O) groups excluding carboxylic acids is 3. The minimum absolute atomic E-state index is 0.00537. The molecule has 2 N–H and O–H groups in total. The van der Waals surface area contributed by atoms with Crippen molar-refractivity contribution in [1.82, 2.24) is 5.32 Å². The molecular weight excluding hydrogens is 355 g/mol. The number of benzene rings is 2. The second kappa shape index (κ2) is 9.33. The van der Waals surface area contributed by atoms with E-state index in [9.17, 15) is 18.8 Å². The standard InChI is InChI=1S/C19H19FN2O5/c1-12(21-19(25)22-14-6-4-3-5-7-14)18(24)27-11-16(23)13-8-9-17(26-2)15(20)10-13/h3-10,12H,11H2,1-2H3,(H2,21,22,25)/t12-/m0/s1. The van der Waals surface area contributed by atoms with E-state index < -0.39 is 36.2 Å². The molecule has 0 aliphatic rings. The molecule has 0 aliphatic heterocycles. The van der Waals surface area contributed by atoms with Gasteiger partial charge in [0.15, 0.2) is 24.0 Å². The van der Waals surface area contributed by atoms with Crippen LogP contribution in [0.1, 0.15) is 17.3 Å². The summed E-state index contributed by atoms with van der Waals surface area (Å²) in [7, 11) is 1.31. The number of hydrogen-bond donors (Lipinski definition) is 2. The van der Waals surface area contributed by atoms with Crippen molar-refractivity contribution in [2.24, 2.45) is 0 Å². The molecule has 2 amide bonds. The molecule has 142 valence electrons. The van der Waals surface area contributed by atoms with Crippen molar-refractivity contribution < 1.29 is 28.2 Å². The van der Waals surface area contributed by atoms with Crippen LogP contribution >= 0.6 is 0 Å². The number of carbonyl (C=O) groups is 3. The molecule has 0 heterocycles. The van der Waals surface area contributed by atoms with E-state index in [0.29, 0.717) is 5.69 Å². The van der Waals surface area contributed by atoms with Crippen LogP contribution in [-0.4, -0.2) is 37.5 Å². The molecule has 0 aromatic heterocycles. The van der Waals surface area contributed by atoms with Gasteiger partial charge in [-0.3, -0.25) is 4.79 Å². The average Bonchev–Trinajstić information content (AvgIpc) is 2.66. The molecule has 8 heteroatoms. The Morgan fingerprint density at radius 1 is 1.11 bits per heavy atom. The molecule has 7 nitrogen and oxygen atoms in total. The Labute approximate surface area is 155 Å². The predicted octanol–water partition coefficient (Wildman–Crippen LogP) is 2.77. The molecule has 2 aromatic rings. The Balaban J connectivity index is 1.82. The van der Waals surface area contributed by atoms with Gasteiger partial charge in [-0.15, -0.1) is 0 Å². The van der Waals surface area contributed by atoms with Crippen molar-refractivity contribution in [3.05, 3.63) is 59.9 Å². The number of anilines is 1. The molecule has 2 aromatic carbocycles. The predicted molar refractivity (Wildman–Crippen MR) is 96.3 cm³/mol. The number of ether oxygens (including phenoxy) is 2. The summed E-state index contributed by atoms with van der Waals surface area (Å²) < 4.78 is 23.3. The first-order valence-corrected chi connectivity index (χ1v) is 8.06. The normalized spacial score (nSPS) is 11.2. The highest BCUT2D eigenvalue weighted by Crippen LogP contribution is 2.18. The summed E-state index contributed by atoms with van der Waals surface area (Å²) in [6.45, 7) is 0.849. The van der Waals surface area contributed by atoms with Gasteiger partial charge in [0, 0.05) is 11.3 Å². The number of ketones is 1. The number of nitrogens with one attached hydrogen (secondary N) is 2. The Morgan fingerprint density at radius 3 is 2.44 bits per heavy atom. The number of amides is 2. The van der Waals surface area contributed by atoms with E-state index in [-0.39, 0.29) is 11.3 Å². The van der Waals surface area contributed by atoms with Gasteiger partial charge < -0.3 is 20.1 Å². The number of para-hydroxylation sites is 1. The molecule has 0 saturated heterocycles. The maximum absolute atomic E-state index is 13.6. The molecule has 0 spiro atoms. The summed E-state index contributed by atoms with van der Waals surface area (Å²) in [6.07, 6.45) is 0. The number of rotatable bonds is 7. The smallest absolute Gasteiger partial charge is 0.328 e. The highest BCUT2D eigenvalue weighted by atomic mass is 19.1. The van der Waals surface area contributed by atoms with Crippen LogP contribution in [0.25, 0.3) is 0 Å². The zero-order chi connectivity index (χ0) is 19.8. The summed E-state index contributed by atoms with van der Waals surface area (Å²) in [4.78, 5) is 35.8. The lowest BCUT2D eigenvalue weighted by Gasteiger charge is -2.14. The third-order valence-electron chi connectivity index (χ3n) is 3.55. The first kappa shape index (κ1) is 19.9. The highest BCUT2D eigenvalue weighted by molar-refractivity contribution is 5.98. The van der Waals surface area contributed by atoms with Gasteiger partial charge in [0.2, 0.25) is 0 Å². The Hall–Kier alpha value is -3.42. The van der Waals surface area contributed by atoms with Crippen LogP contribution < -0.4 is 15.4 Å². The van der Waals surface area contributed by atoms with Crippen LogP contribution in [0.15, 0.2) is 48.5 Å². The summed E-state index contributed by atoms with van der Waals surface area (Å²) >= 11 is 0. The zero-order valence-electron chi connectivity index (χ0n) is 14.8. The minimum atomic E-state index is -0.978. The Kier molecular flexibility index (Phi) is 6.87. The highest BCUT2D eigenvalue weighted by Gasteiger charge is 2.19. The van der Waals surface area contributed by atoms with Crippen LogP contribution in [-0.2, 0) is 9.53 Å². The van der Waals surface area contributed by atoms with Crippen LogP contribution in [0, 0.1) is 5.82 Å². The number of halogens is 1. The summed E-state index contributed by atoms with van der Waals surface area (Å²) in [6, 6.07) is 10.8. The average molecular weight is 374 g/mol. The third kappa shape index (κ3) is 5.81. The van der Waals surface area contributed by atoms with Gasteiger partial charge in [0.25, 0.3) is 0 Å². The van der Waals surface area contributed by atoms with E-state index in [1.807, 2.05) is 0 Å². The summed E-state index contributed by atoms with van der Waals surface area (Å²) in [5.41, 5.74) is 0.607. The number of urea groups is 1. The van der Waals surface area contributed by atoms with E-state index in [0.717, 1.165) is 6.07 Å². The van der Waals surface area contributed by atoms with E-state index in [1.54, 1.807) is 30.3 Å². The lowest BCUT2D eigenvalue weighted by Crippen LogP contribution is -2.42. The van der Waals surface area contributed by atoms with E-state index in [2.05, 4.69) is 10.6 Å². The molecule has 0 radical (unpaired) electrons. The molecule has 0 unspecified atom stereocenters. The van der Waals surface area contributed by atoms with Crippen LogP contribution in [0.2, 0.25) is 0 Å². The number of esters is 1. The Morgan fingerprint density at radius 2 is 1.81 bits per heavy atom. The fourth-order valence-corrected chi connectivity index (χ4v) is 2.13. The van der Waals surface area contributed by atoms with E-state index in [1.165, 1.54) is 26.2 Å². The fourth-order valence-electron chi connectivity index (χ4n) is 2.13. The second-order valence-electron chi connectivity index (χ2n) is 5.57. The van der Waals surface area contributed by atoms with Crippen molar-refractivity contribution in [1.29, 1.82) is 0 Å². The topological polar surface area (TPSA) is 93.7 Å². The SMILES string of the molecule is COc1ccc(C(=O)COC(=O)[C@H](C)NC(=O)Nc2ccccc2)cc1F. The van der Waals surface area contributed by atoms with Gasteiger partial charge in [-0.1, -0.05) is 18.2 Å². The monoisotopic (exact) mass is 374 g/mol. The molecule has 0 aliphatic carbocycles. The Bertz CT molecular complexity index is 826. The van der Waals surface area contributed by atoms with Crippen molar-refractivity contribution in [3.8, 4) is 5.75 Å². The maximum atomic E-state index is 13.6. The van der Waals surface area contributed by atoms with Gasteiger partial charge in [-0.25, -0.2) is 14.0 Å². The molecule has 1 atom stereocenters. The van der Waals surface area contributed by atoms with Gasteiger partial charge in [0.1, 0.15) is 6.04 Å². The number of methoxy groups -OCH3 is 1. The van der Waals surface area contributed by atoms with Crippen LogP contribution in [0.4, 0.5) is 14.9 Å². The lowest BCUT2D eigenvalue weighted by atomic mass is 10.1. The fraction of sp³-hybridized carbons (Fsp3) is 0.211. The molecule has 0 bridgehead atoms. The molecule has 0 fully saturated rings. The number of Topliss-reactive ketones (excluding diaryl/α,β-unsaturated/α-hetero) is 1. The largest absolute Gasteiger partial charge is 0.494 e. The molecule has 0 saturated carbocycles. The first-order chi connectivity index (χ1) is 12.9. The van der Waals surface area contributed by atoms with Crippen molar-refractivity contribution in [2.45, 2.75) is 13.0 Å². The zero-order valence-corrected chi connectivity index (χ0v) is 14.8. The molecule has 2 rings (SSSR count). The summed E-state index contributed by atoms with van der Waals surface area (Å²) in [5.74, 6) is -2.06. The van der Waals surface area contributed by atoms with Crippen molar-refractivity contribution in [2.75, 3.05) is 19.0 Å². The van der Waals surface area contributed by atoms with E-state index in [4.69, 9.17) is 9.47 Å². The maximum Gasteiger partial charge on any atom is 0.328 e. The van der Waals surface area contributed by atoms with Gasteiger partial charge >= 0.3 is 12.0 Å². The number of hydrogen-bond acceptors (Lipinski definition) is 5. The quantitative estimate of drug-likeness (QED) is 0.574. The van der Waals surface area contributed by atoms with Gasteiger partial charge in [-0.05, 0) is 37.3 Å². The first-order valence-electron chi connectivity index (χ1n) is 8.06. The third-order valence-corrected chi connectivity index (χ3v) is 3.55. The van der Waals surface area contributed by atoms with Gasteiger partial charge in [-0.2, -0.15) is 0 Å². The molecule has 27 heavy (non-hydrogen) atoms. The molecular formula is C19H19FN2O5. The minimum Gasteiger partial charge on any atom is -0.494 e. The second-order valence-corrected chi connectivity index (χ2v) is 5.57. The summed E-state index contributed by atoms with van der Waals surface area (Å²) in [5, 5.41) is 4.96. The van der Waals surface area contributed by atoms with Gasteiger partial charge in [0.05, 0.1) is 7.11 Å².